The highest BCUT2D eigenvalue weighted by Gasteiger charge is 2.35. The van der Waals surface area contributed by atoms with Gasteiger partial charge >= 0.3 is 0 Å². The predicted octanol–water partition coefficient (Wildman–Crippen LogP) is 2.87. The van der Waals surface area contributed by atoms with Crippen LogP contribution in [0.15, 0.2) is 42.5 Å². The molecular weight excluding hydrogens is 461 g/mol. The number of nitrogens with two attached hydrogens (primary N) is 1. The molecule has 1 saturated carbocycles. The van der Waals surface area contributed by atoms with Crippen LogP contribution in [0.25, 0.3) is 10.9 Å². The molecule has 2 aromatic carbocycles. The SMILES string of the molecule is C[C@@H](C1CC1)N(CC(=O)NCc1cccc(Cl)c1F)C(=O)Cn1nc(C(N)=O)c2ccccc21. The number of halogens is 2. The van der Waals surface area contributed by atoms with Crippen LogP contribution in [-0.2, 0) is 22.7 Å². The van der Waals surface area contributed by atoms with Crippen LogP contribution >= 0.6 is 11.6 Å². The van der Waals surface area contributed by atoms with Gasteiger partial charge in [0.05, 0.1) is 17.1 Å². The van der Waals surface area contributed by atoms with Crippen molar-refractivity contribution >= 4 is 40.2 Å². The smallest absolute Gasteiger partial charge is 0.269 e. The Morgan fingerprint density at radius 2 is 1.97 bits per heavy atom. The second-order valence-electron chi connectivity index (χ2n) is 8.48. The van der Waals surface area contributed by atoms with Crippen molar-refractivity contribution in [2.45, 2.75) is 38.9 Å². The van der Waals surface area contributed by atoms with Crippen LogP contribution in [0, 0.1) is 11.7 Å². The molecule has 0 aliphatic heterocycles. The molecule has 1 atom stereocenters. The number of nitrogens with one attached hydrogen (secondary N) is 1. The van der Waals surface area contributed by atoms with Gasteiger partial charge in [0.25, 0.3) is 5.91 Å². The number of hydrogen-bond acceptors (Lipinski definition) is 4. The molecule has 1 fully saturated rings. The monoisotopic (exact) mass is 485 g/mol. The molecule has 0 spiro atoms. The fraction of sp³-hybridized carbons (Fsp3) is 0.333. The molecule has 1 aromatic heterocycles. The molecule has 0 saturated heterocycles. The first kappa shape index (κ1) is 23.7. The fourth-order valence-electron chi connectivity index (χ4n) is 4.03. The Morgan fingerprint density at radius 3 is 2.68 bits per heavy atom. The van der Waals surface area contributed by atoms with Crippen molar-refractivity contribution in [3.8, 4) is 0 Å². The molecule has 0 bridgehead atoms. The lowest BCUT2D eigenvalue weighted by atomic mass is 10.1. The van der Waals surface area contributed by atoms with Crippen LogP contribution in [0.2, 0.25) is 5.02 Å². The molecule has 8 nitrogen and oxygen atoms in total. The highest BCUT2D eigenvalue weighted by atomic mass is 35.5. The third-order valence-electron chi connectivity index (χ3n) is 6.11. The Labute approximate surface area is 200 Å². The summed E-state index contributed by atoms with van der Waals surface area (Å²) in [7, 11) is 0. The molecule has 3 N–H and O–H groups in total. The van der Waals surface area contributed by atoms with E-state index in [0.29, 0.717) is 16.8 Å². The zero-order valence-electron chi connectivity index (χ0n) is 18.6. The third kappa shape index (κ3) is 5.04. The van der Waals surface area contributed by atoms with Gasteiger partial charge in [-0.2, -0.15) is 5.10 Å². The maximum atomic E-state index is 14.1. The molecule has 4 rings (SSSR count). The van der Waals surface area contributed by atoms with Gasteiger partial charge in [-0.05, 0) is 37.8 Å². The number of para-hydroxylation sites is 1. The van der Waals surface area contributed by atoms with Crippen molar-refractivity contribution in [1.29, 1.82) is 0 Å². The van der Waals surface area contributed by atoms with Crippen molar-refractivity contribution in [3.05, 3.63) is 64.6 Å². The van der Waals surface area contributed by atoms with Gasteiger partial charge in [0, 0.05) is 23.5 Å². The van der Waals surface area contributed by atoms with Gasteiger partial charge in [-0.25, -0.2) is 4.39 Å². The summed E-state index contributed by atoms with van der Waals surface area (Å²) in [6.45, 7) is 1.54. The van der Waals surface area contributed by atoms with Crippen molar-refractivity contribution in [1.82, 2.24) is 20.0 Å². The van der Waals surface area contributed by atoms with E-state index in [4.69, 9.17) is 17.3 Å². The van der Waals surface area contributed by atoms with Crippen molar-refractivity contribution in [2.75, 3.05) is 6.54 Å². The summed E-state index contributed by atoms with van der Waals surface area (Å²) in [4.78, 5) is 39.3. The average Bonchev–Trinajstić information content (AvgIpc) is 3.60. The Morgan fingerprint density at radius 1 is 1.24 bits per heavy atom. The lowest BCUT2D eigenvalue weighted by Crippen LogP contribution is -2.47. The van der Waals surface area contributed by atoms with E-state index in [1.54, 1.807) is 30.3 Å². The number of amides is 3. The van der Waals surface area contributed by atoms with E-state index >= 15 is 0 Å². The van der Waals surface area contributed by atoms with Gasteiger partial charge in [0.15, 0.2) is 5.69 Å². The third-order valence-corrected chi connectivity index (χ3v) is 6.41. The molecule has 10 heteroatoms. The number of aromatic nitrogens is 2. The first-order valence-corrected chi connectivity index (χ1v) is 11.4. The summed E-state index contributed by atoms with van der Waals surface area (Å²) in [6.07, 6.45) is 1.97. The first-order chi connectivity index (χ1) is 16.3. The molecule has 1 aliphatic rings. The standard InChI is InChI=1S/C24H25ClFN5O3/c1-14(15-9-10-15)30(12-20(32)28-11-16-5-4-7-18(25)22(16)26)21(33)13-31-19-8-3-2-6-17(19)23(29-31)24(27)34/h2-8,14-15H,9-13H2,1H3,(H2,27,34)(H,28,32)/t14-/m0/s1. The summed E-state index contributed by atoms with van der Waals surface area (Å²) in [5.41, 5.74) is 6.40. The minimum Gasteiger partial charge on any atom is -0.364 e. The second-order valence-corrected chi connectivity index (χ2v) is 8.88. The predicted molar refractivity (Wildman–Crippen MR) is 125 cm³/mol. The van der Waals surface area contributed by atoms with Crippen LogP contribution < -0.4 is 11.1 Å². The van der Waals surface area contributed by atoms with Crippen molar-refractivity contribution < 1.29 is 18.8 Å². The topological polar surface area (TPSA) is 110 Å². The number of carbonyl (C=O) groups is 3. The van der Waals surface area contributed by atoms with Gasteiger partial charge in [-0.1, -0.05) is 41.9 Å². The molecular formula is C24H25ClFN5O3. The molecule has 3 amide bonds. The van der Waals surface area contributed by atoms with Gasteiger partial charge in [-0.3, -0.25) is 19.1 Å². The van der Waals surface area contributed by atoms with E-state index in [-0.39, 0.29) is 47.9 Å². The lowest BCUT2D eigenvalue weighted by Gasteiger charge is -2.29. The summed E-state index contributed by atoms with van der Waals surface area (Å²) >= 11 is 5.80. The second kappa shape index (κ2) is 9.80. The van der Waals surface area contributed by atoms with Gasteiger partial charge < -0.3 is 16.0 Å². The first-order valence-electron chi connectivity index (χ1n) is 11.0. The molecule has 1 aliphatic carbocycles. The molecule has 0 radical (unpaired) electrons. The van der Waals surface area contributed by atoms with Crippen LogP contribution in [0.4, 0.5) is 4.39 Å². The number of hydrogen-bond donors (Lipinski definition) is 2. The summed E-state index contributed by atoms with van der Waals surface area (Å²) < 4.78 is 15.6. The fourth-order valence-corrected chi connectivity index (χ4v) is 4.22. The maximum Gasteiger partial charge on any atom is 0.269 e. The highest BCUT2D eigenvalue weighted by molar-refractivity contribution is 6.30. The Balaban J connectivity index is 1.49. The summed E-state index contributed by atoms with van der Waals surface area (Å²) in [5, 5.41) is 7.45. The minimum atomic E-state index is -0.682. The molecule has 1 heterocycles. The molecule has 0 unspecified atom stereocenters. The van der Waals surface area contributed by atoms with Gasteiger partial charge in [0.2, 0.25) is 11.8 Å². The van der Waals surface area contributed by atoms with Gasteiger partial charge in [-0.15, -0.1) is 0 Å². The zero-order valence-corrected chi connectivity index (χ0v) is 19.4. The number of primary amides is 1. The van der Waals surface area contributed by atoms with E-state index in [0.717, 1.165) is 12.8 Å². The van der Waals surface area contributed by atoms with Crippen molar-refractivity contribution in [2.24, 2.45) is 11.7 Å². The minimum absolute atomic E-state index is 0.0207. The maximum absolute atomic E-state index is 14.1. The summed E-state index contributed by atoms with van der Waals surface area (Å²) in [5.74, 6) is -1.67. The Hall–Kier alpha value is -3.46. The Bertz CT molecular complexity index is 1260. The van der Waals surface area contributed by atoms with Crippen LogP contribution in [-0.4, -0.2) is 45.0 Å². The van der Waals surface area contributed by atoms with Crippen LogP contribution in [0.3, 0.4) is 0 Å². The van der Waals surface area contributed by atoms with E-state index in [1.165, 1.54) is 21.7 Å². The zero-order chi connectivity index (χ0) is 24.4. The van der Waals surface area contributed by atoms with Crippen LogP contribution in [0.1, 0.15) is 35.8 Å². The van der Waals surface area contributed by atoms with E-state index < -0.39 is 17.6 Å². The highest BCUT2D eigenvalue weighted by Crippen LogP contribution is 2.35. The van der Waals surface area contributed by atoms with Gasteiger partial charge in [0.1, 0.15) is 12.4 Å². The largest absolute Gasteiger partial charge is 0.364 e. The molecule has 3 aromatic rings. The van der Waals surface area contributed by atoms with Crippen molar-refractivity contribution in [3.63, 3.8) is 0 Å². The lowest BCUT2D eigenvalue weighted by molar-refractivity contribution is -0.139. The number of benzene rings is 2. The normalized spacial score (nSPS) is 14.1. The number of rotatable bonds is 9. The number of carbonyl (C=O) groups excluding carboxylic acids is 3. The summed E-state index contributed by atoms with van der Waals surface area (Å²) in [6, 6.07) is 11.4. The number of fused-ring (bicyclic) bond motifs is 1. The molecule has 178 valence electrons. The van der Waals surface area contributed by atoms with Crippen LogP contribution in [0.5, 0.6) is 0 Å². The molecule has 34 heavy (non-hydrogen) atoms. The van der Waals surface area contributed by atoms with E-state index in [2.05, 4.69) is 10.4 Å². The average molecular weight is 486 g/mol. The van der Waals surface area contributed by atoms with E-state index in [1.807, 2.05) is 6.92 Å². The quantitative estimate of drug-likeness (QED) is 0.485. The number of nitrogens with zero attached hydrogens (tertiary/aromatic N) is 3. The Kier molecular flexibility index (Phi) is 6.83. The van der Waals surface area contributed by atoms with E-state index in [9.17, 15) is 18.8 Å².